The van der Waals surface area contributed by atoms with Gasteiger partial charge in [-0.1, -0.05) is 6.07 Å². The summed E-state index contributed by atoms with van der Waals surface area (Å²) in [5, 5.41) is 0. The van der Waals surface area contributed by atoms with Gasteiger partial charge in [0.05, 0.1) is 12.1 Å². The Morgan fingerprint density at radius 2 is 2.31 bits per heavy atom. The van der Waals surface area contributed by atoms with Gasteiger partial charge < -0.3 is 4.74 Å². The molecule has 0 aromatic heterocycles. The van der Waals surface area contributed by atoms with E-state index < -0.39 is 0 Å². The molecule has 1 aliphatic heterocycles. The quantitative estimate of drug-likeness (QED) is 0.713. The molecular formula is C9H7BrINO. The summed E-state index contributed by atoms with van der Waals surface area (Å²) in [7, 11) is 0. The minimum Gasteiger partial charge on any atom is -0.475 e. The average Bonchev–Trinajstić information content (AvgIpc) is 2.57. The molecule has 0 saturated carbocycles. The molecule has 0 N–H and O–H groups in total. The number of halogens is 2. The molecule has 1 aliphatic rings. The van der Waals surface area contributed by atoms with Crippen LogP contribution in [-0.4, -0.2) is 19.0 Å². The predicted octanol–water partition coefficient (Wildman–Crippen LogP) is 2.83. The Hall–Kier alpha value is -0.100. The molecule has 1 aromatic rings. The van der Waals surface area contributed by atoms with Crippen LogP contribution >= 0.6 is 38.5 Å². The first-order valence-corrected chi connectivity index (χ1v) is 5.78. The standard InChI is InChI=1S/C9H7BrINO/c10-6-2-1-3-7(11)8(6)9-12-4-5-13-9/h1-3H,4-5H2. The molecule has 1 heterocycles. The number of ether oxygens (including phenoxy) is 1. The Balaban J connectivity index is 2.49. The van der Waals surface area contributed by atoms with E-state index in [9.17, 15) is 0 Å². The number of hydrogen-bond acceptors (Lipinski definition) is 2. The third-order valence-corrected chi connectivity index (χ3v) is 3.32. The zero-order valence-corrected chi connectivity index (χ0v) is 10.5. The van der Waals surface area contributed by atoms with Crippen molar-refractivity contribution in [3.63, 3.8) is 0 Å². The monoisotopic (exact) mass is 351 g/mol. The van der Waals surface area contributed by atoms with Crippen LogP contribution in [0.3, 0.4) is 0 Å². The van der Waals surface area contributed by atoms with Crippen LogP contribution in [0.25, 0.3) is 0 Å². The Morgan fingerprint density at radius 3 is 2.92 bits per heavy atom. The molecular weight excluding hydrogens is 345 g/mol. The maximum atomic E-state index is 5.42. The van der Waals surface area contributed by atoms with E-state index >= 15 is 0 Å². The largest absolute Gasteiger partial charge is 0.475 e. The predicted molar refractivity (Wildman–Crippen MR) is 64.2 cm³/mol. The van der Waals surface area contributed by atoms with Crippen molar-refractivity contribution < 1.29 is 4.74 Å². The topological polar surface area (TPSA) is 21.6 Å². The summed E-state index contributed by atoms with van der Waals surface area (Å²) in [6, 6.07) is 6.05. The average molecular weight is 352 g/mol. The van der Waals surface area contributed by atoms with Crippen LogP contribution in [0.2, 0.25) is 0 Å². The smallest absolute Gasteiger partial charge is 0.218 e. The second kappa shape index (κ2) is 3.96. The first-order chi connectivity index (χ1) is 6.29. The van der Waals surface area contributed by atoms with Gasteiger partial charge in [-0.15, -0.1) is 0 Å². The van der Waals surface area contributed by atoms with E-state index in [-0.39, 0.29) is 0 Å². The second-order valence-corrected chi connectivity index (χ2v) is 4.65. The van der Waals surface area contributed by atoms with Crippen LogP contribution in [0.15, 0.2) is 27.7 Å². The van der Waals surface area contributed by atoms with Crippen LogP contribution in [-0.2, 0) is 4.74 Å². The van der Waals surface area contributed by atoms with Crippen molar-refractivity contribution >= 4 is 44.4 Å². The maximum Gasteiger partial charge on any atom is 0.218 e. The summed E-state index contributed by atoms with van der Waals surface area (Å²) >= 11 is 5.78. The highest BCUT2D eigenvalue weighted by Gasteiger charge is 2.15. The van der Waals surface area contributed by atoms with E-state index in [1.54, 1.807) is 0 Å². The molecule has 4 heteroatoms. The third-order valence-electron chi connectivity index (χ3n) is 1.76. The summed E-state index contributed by atoms with van der Waals surface area (Å²) < 4.78 is 7.62. The lowest BCUT2D eigenvalue weighted by atomic mass is 10.2. The van der Waals surface area contributed by atoms with Gasteiger partial charge in [0.2, 0.25) is 5.90 Å². The molecule has 2 nitrogen and oxygen atoms in total. The number of aliphatic imine (C=N–C) groups is 1. The Morgan fingerprint density at radius 1 is 1.46 bits per heavy atom. The lowest BCUT2D eigenvalue weighted by molar-refractivity contribution is 0.348. The first kappa shape index (κ1) is 9.45. The van der Waals surface area contributed by atoms with Crippen LogP contribution in [0.5, 0.6) is 0 Å². The highest BCUT2D eigenvalue weighted by molar-refractivity contribution is 14.1. The number of rotatable bonds is 1. The summed E-state index contributed by atoms with van der Waals surface area (Å²) in [5.41, 5.74) is 1.07. The van der Waals surface area contributed by atoms with E-state index in [1.807, 2.05) is 18.2 Å². The van der Waals surface area contributed by atoms with Crippen molar-refractivity contribution in [3.8, 4) is 0 Å². The molecule has 0 aliphatic carbocycles. The van der Waals surface area contributed by atoms with Crippen molar-refractivity contribution in [1.29, 1.82) is 0 Å². The molecule has 2 rings (SSSR count). The fourth-order valence-corrected chi connectivity index (χ4v) is 2.82. The van der Waals surface area contributed by atoms with Crippen molar-refractivity contribution in [3.05, 3.63) is 31.8 Å². The first-order valence-electron chi connectivity index (χ1n) is 3.90. The maximum absolute atomic E-state index is 5.42. The van der Waals surface area contributed by atoms with Gasteiger partial charge in [-0.05, 0) is 50.7 Å². The van der Waals surface area contributed by atoms with Gasteiger partial charge in [0, 0.05) is 8.04 Å². The van der Waals surface area contributed by atoms with Crippen molar-refractivity contribution in [2.45, 2.75) is 0 Å². The SMILES string of the molecule is Brc1cccc(I)c1C1=NCCO1. The van der Waals surface area contributed by atoms with Gasteiger partial charge in [0.25, 0.3) is 0 Å². The number of nitrogens with zero attached hydrogens (tertiary/aromatic N) is 1. The van der Waals surface area contributed by atoms with Gasteiger partial charge in [-0.3, -0.25) is 0 Å². The molecule has 0 amide bonds. The lowest BCUT2D eigenvalue weighted by Gasteiger charge is -2.06. The zero-order valence-electron chi connectivity index (χ0n) is 6.76. The molecule has 1 aromatic carbocycles. The fourth-order valence-electron chi connectivity index (χ4n) is 1.19. The summed E-state index contributed by atoms with van der Waals surface area (Å²) in [6.07, 6.45) is 0. The van der Waals surface area contributed by atoms with Gasteiger partial charge >= 0.3 is 0 Å². The van der Waals surface area contributed by atoms with E-state index in [0.29, 0.717) is 6.61 Å². The molecule has 0 bridgehead atoms. The van der Waals surface area contributed by atoms with Crippen molar-refractivity contribution in [1.82, 2.24) is 0 Å². The van der Waals surface area contributed by atoms with E-state index in [1.165, 1.54) is 0 Å². The number of benzene rings is 1. The van der Waals surface area contributed by atoms with E-state index in [4.69, 9.17) is 4.74 Å². The fraction of sp³-hybridized carbons (Fsp3) is 0.222. The molecule has 0 saturated heterocycles. The van der Waals surface area contributed by atoms with Gasteiger partial charge in [0.1, 0.15) is 6.61 Å². The minimum atomic E-state index is 0.701. The molecule has 0 unspecified atom stereocenters. The zero-order chi connectivity index (χ0) is 9.26. The Labute approximate surface area is 98.7 Å². The summed E-state index contributed by atoms with van der Waals surface area (Å²) in [6.45, 7) is 1.47. The van der Waals surface area contributed by atoms with Gasteiger partial charge in [-0.2, -0.15) is 0 Å². The minimum absolute atomic E-state index is 0.701. The van der Waals surface area contributed by atoms with Gasteiger partial charge in [-0.25, -0.2) is 4.99 Å². The van der Waals surface area contributed by atoms with Crippen LogP contribution in [0, 0.1) is 3.57 Å². The summed E-state index contributed by atoms with van der Waals surface area (Å²) in [4.78, 5) is 4.29. The molecule has 0 atom stereocenters. The molecule has 68 valence electrons. The third kappa shape index (κ3) is 1.88. The number of hydrogen-bond donors (Lipinski definition) is 0. The van der Waals surface area contributed by atoms with Crippen LogP contribution < -0.4 is 0 Å². The highest BCUT2D eigenvalue weighted by Crippen LogP contribution is 2.24. The normalized spacial score (nSPS) is 15.4. The second-order valence-electron chi connectivity index (χ2n) is 2.63. The lowest BCUT2D eigenvalue weighted by Crippen LogP contribution is -2.04. The molecule has 0 radical (unpaired) electrons. The van der Waals surface area contributed by atoms with Crippen molar-refractivity contribution in [2.24, 2.45) is 4.99 Å². The Kier molecular flexibility index (Phi) is 2.88. The molecule has 0 spiro atoms. The van der Waals surface area contributed by atoms with Crippen molar-refractivity contribution in [2.75, 3.05) is 13.2 Å². The van der Waals surface area contributed by atoms with E-state index in [2.05, 4.69) is 43.5 Å². The summed E-state index contributed by atoms with van der Waals surface area (Å²) in [5.74, 6) is 0.761. The van der Waals surface area contributed by atoms with Crippen LogP contribution in [0.1, 0.15) is 5.56 Å². The van der Waals surface area contributed by atoms with Gasteiger partial charge in [0.15, 0.2) is 0 Å². The molecule has 0 fully saturated rings. The van der Waals surface area contributed by atoms with Crippen LogP contribution in [0.4, 0.5) is 0 Å². The highest BCUT2D eigenvalue weighted by atomic mass is 127. The Bertz CT molecular complexity index is 344. The van der Waals surface area contributed by atoms with E-state index in [0.717, 1.165) is 26.0 Å². The molecule has 13 heavy (non-hydrogen) atoms.